The van der Waals surface area contributed by atoms with Gasteiger partial charge in [0.05, 0.1) is 11.0 Å². The van der Waals surface area contributed by atoms with Gasteiger partial charge in [-0.1, -0.05) is 165 Å². The van der Waals surface area contributed by atoms with Crippen LogP contribution in [-0.2, 0) is 42.7 Å². The molecule has 0 radical (unpaired) electrons. The summed E-state index contributed by atoms with van der Waals surface area (Å²) in [6.07, 6.45) is 8.60. The van der Waals surface area contributed by atoms with E-state index in [1.807, 2.05) is 0 Å². The number of benzene rings is 8. The number of para-hydroxylation sites is 6. The molecule has 4 bridgehead atoms. The van der Waals surface area contributed by atoms with Gasteiger partial charge in [0.15, 0.2) is 0 Å². The summed E-state index contributed by atoms with van der Waals surface area (Å²) in [5.41, 5.74) is 16.2. The molecule has 8 aromatic carbocycles. The van der Waals surface area contributed by atoms with Gasteiger partial charge in [0.2, 0.25) is 0 Å². The Hall–Kier alpha value is -7.40. The molecule has 7 heteroatoms. The number of hydrogen-bond acceptors (Lipinski definition) is 4. The van der Waals surface area contributed by atoms with Crippen molar-refractivity contribution in [3.05, 3.63) is 229 Å². The second kappa shape index (κ2) is 19.6. The van der Waals surface area contributed by atoms with Crippen LogP contribution >= 0.6 is 0 Å². The van der Waals surface area contributed by atoms with Crippen molar-refractivity contribution >= 4 is 66.4 Å². The Kier molecular flexibility index (Phi) is 12.7. The van der Waals surface area contributed by atoms with Gasteiger partial charge >= 0.3 is 0 Å². The van der Waals surface area contributed by atoms with Crippen LogP contribution in [0.2, 0.25) is 0 Å². The van der Waals surface area contributed by atoms with Crippen LogP contribution in [0.4, 0.5) is 22.7 Å². The van der Waals surface area contributed by atoms with Gasteiger partial charge in [-0.15, -0.1) is 53.6 Å². The number of hydrogen-bond donors (Lipinski definition) is 0. The number of fused-ring (bicyclic) bond motifs is 7. The smallest absolute Gasteiger partial charge is 0.135 e. The molecule has 16 rings (SSSR count). The zero-order valence-corrected chi connectivity index (χ0v) is 51.5. The van der Waals surface area contributed by atoms with Crippen LogP contribution < -0.4 is 14.5 Å². The van der Waals surface area contributed by atoms with E-state index in [9.17, 15) is 0 Å². The minimum atomic E-state index is -0.182. The molecule has 0 spiro atoms. The van der Waals surface area contributed by atoms with E-state index < -0.39 is 0 Å². The van der Waals surface area contributed by atoms with E-state index in [0.717, 1.165) is 62.1 Å². The summed E-state index contributed by atoms with van der Waals surface area (Å²) in [7, 11) is 0. The Morgan fingerprint density at radius 1 is 0.494 bits per heavy atom. The van der Waals surface area contributed by atoms with Gasteiger partial charge in [-0.25, -0.2) is 4.98 Å². The Balaban J connectivity index is 0.00000614. The molecular weight excluding hydrogens is 1190 g/mol. The first-order chi connectivity index (χ1) is 39.5. The molecule has 6 nitrogen and oxygen atoms in total. The van der Waals surface area contributed by atoms with Gasteiger partial charge in [-0.05, 0) is 154 Å². The standard InChI is InChI=1S/C76H72N5O.Pt/c1-73(2,3)52-42-56(78-47-79(69-28-17-16-27-68(69)78)72-63(74(4,5)6)22-18-23-64(72)75(7,8)9)45-58(43-52)82-57-33-34-62-61-21-12-15-26-67(61)81(70(62)46-57)71-44-51(35-36-77-71)76(53-38-48-37-49(40-53)41-54(76)39-48)50-29-31-55(32-30-50)80-65-24-13-10-19-59(65)60-20-11-14-25-66(60)80;/h10-36,42-44,47-49,53-54H,37-41H2,1-9H3;/q-3;. The molecule has 0 atom stereocenters. The van der Waals surface area contributed by atoms with E-state index in [-0.39, 0.29) is 42.7 Å². The first kappa shape index (κ1) is 53.6. The second-order valence-corrected chi connectivity index (χ2v) is 27.4. The van der Waals surface area contributed by atoms with Crippen molar-refractivity contribution in [3.8, 4) is 23.0 Å². The van der Waals surface area contributed by atoms with Gasteiger partial charge in [-0.3, -0.25) is 0 Å². The summed E-state index contributed by atoms with van der Waals surface area (Å²) in [6, 6.07) is 72.9. The van der Waals surface area contributed by atoms with E-state index in [1.165, 1.54) is 87.5 Å². The van der Waals surface area contributed by atoms with Crippen LogP contribution in [0.25, 0.3) is 55.1 Å². The van der Waals surface area contributed by atoms with Crippen molar-refractivity contribution in [2.45, 2.75) is 116 Å². The Morgan fingerprint density at radius 2 is 1.05 bits per heavy atom. The van der Waals surface area contributed by atoms with Crippen LogP contribution in [0.5, 0.6) is 11.5 Å². The van der Waals surface area contributed by atoms with Crippen molar-refractivity contribution in [1.82, 2.24) is 14.1 Å². The number of anilines is 4. The molecule has 5 aliphatic rings. The van der Waals surface area contributed by atoms with Gasteiger partial charge in [0.1, 0.15) is 5.82 Å². The predicted molar refractivity (Wildman–Crippen MR) is 339 cm³/mol. The van der Waals surface area contributed by atoms with E-state index in [4.69, 9.17) is 9.72 Å². The third-order valence-electron chi connectivity index (χ3n) is 19.3. The number of rotatable bonds is 8. The molecule has 83 heavy (non-hydrogen) atoms. The van der Waals surface area contributed by atoms with Gasteiger partial charge < -0.3 is 23.7 Å². The topological polar surface area (TPSA) is 38.5 Å². The van der Waals surface area contributed by atoms with Gasteiger partial charge in [0, 0.05) is 83.2 Å². The average molecular weight is 1270 g/mol. The molecule has 0 amide bonds. The third-order valence-corrected chi connectivity index (χ3v) is 19.3. The van der Waals surface area contributed by atoms with Crippen LogP contribution in [0, 0.1) is 42.5 Å². The molecule has 4 aliphatic carbocycles. The van der Waals surface area contributed by atoms with E-state index >= 15 is 0 Å². The first-order valence-electron chi connectivity index (χ1n) is 29.9. The van der Waals surface area contributed by atoms with Crippen LogP contribution in [0.1, 0.15) is 122 Å². The molecule has 4 heterocycles. The van der Waals surface area contributed by atoms with Crippen LogP contribution in [0.15, 0.2) is 182 Å². The fourth-order valence-corrected chi connectivity index (χ4v) is 15.9. The number of nitrogens with zero attached hydrogens (tertiary/aromatic N) is 5. The maximum absolute atomic E-state index is 7.08. The molecular formula is C76H72N5OPt-3. The molecule has 4 saturated carbocycles. The number of ether oxygens (including phenoxy) is 1. The summed E-state index contributed by atoms with van der Waals surface area (Å²) in [5.74, 6) is 4.92. The van der Waals surface area contributed by atoms with Gasteiger partial charge in [-0.2, -0.15) is 6.07 Å². The zero-order valence-electron chi connectivity index (χ0n) is 49.2. The van der Waals surface area contributed by atoms with Crippen molar-refractivity contribution < 1.29 is 25.8 Å². The SMILES string of the molecule is CC(C)(C)c1cc(Oc2[c-]c3c(cc2)c2ccccc2n3-c2cc(C3(c4ccc(-n5c6ccccc6c6ccccc65)cc4)C4CC5CC(C4)CC3C5)ccn2)[c-]c(N2[CH-]N(c3c(C(C)(C)C)cccc3C(C)(C)C)c3ccccc32)c1.[Pt]. The minimum absolute atomic E-state index is 0. The molecule has 1 aliphatic heterocycles. The second-order valence-electron chi connectivity index (χ2n) is 27.4. The quantitative estimate of drug-likeness (QED) is 0.142. The predicted octanol–water partition coefficient (Wildman–Crippen LogP) is 19.7. The molecule has 0 saturated heterocycles. The van der Waals surface area contributed by atoms with E-state index in [0.29, 0.717) is 23.3 Å². The zero-order chi connectivity index (χ0) is 56.0. The van der Waals surface area contributed by atoms with Crippen LogP contribution in [0.3, 0.4) is 0 Å². The van der Waals surface area contributed by atoms with Crippen LogP contribution in [-0.4, -0.2) is 14.1 Å². The van der Waals surface area contributed by atoms with Crippen molar-refractivity contribution in [2.75, 3.05) is 9.80 Å². The molecule has 3 aromatic heterocycles. The molecule has 4 fully saturated rings. The summed E-state index contributed by atoms with van der Waals surface area (Å²) in [5, 5.41) is 4.85. The number of pyridine rings is 1. The van der Waals surface area contributed by atoms with Crippen molar-refractivity contribution in [1.29, 1.82) is 0 Å². The maximum Gasteiger partial charge on any atom is 0.135 e. The summed E-state index contributed by atoms with van der Waals surface area (Å²) < 4.78 is 11.9. The molecule has 0 N–H and O–H groups in total. The van der Waals surface area contributed by atoms with Gasteiger partial charge in [0.25, 0.3) is 0 Å². The molecule has 11 aromatic rings. The van der Waals surface area contributed by atoms with Crippen molar-refractivity contribution in [3.63, 3.8) is 0 Å². The normalized spacial score (nSPS) is 20.4. The number of aromatic nitrogens is 3. The summed E-state index contributed by atoms with van der Waals surface area (Å²) in [6.45, 7) is 23.0. The van der Waals surface area contributed by atoms with E-state index in [1.54, 1.807) is 0 Å². The van der Waals surface area contributed by atoms with E-state index in [2.05, 4.69) is 282 Å². The Labute approximate surface area is 504 Å². The summed E-state index contributed by atoms with van der Waals surface area (Å²) >= 11 is 0. The largest absolute Gasteiger partial charge is 0.509 e. The summed E-state index contributed by atoms with van der Waals surface area (Å²) in [4.78, 5) is 10.0. The minimum Gasteiger partial charge on any atom is -0.509 e. The monoisotopic (exact) mass is 1270 g/mol. The maximum atomic E-state index is 7.08. The molecule has 420 valence electrons. The fourth-order valence-electron chi connectivity index (χ4n) is 15.9. The Morgan fingerprint density at radius 3 is 1.64 bits per heavy atom. The fraction of sp³-hybridized carbons (Fsp3) is 0.289. The van der Waals surface area contributed by atoms with Crippen molar-refractivity contribution in [2.24, 2.45) is 23.7 Å². The average Bonchev–Trinajstić information content (AvgIpc) is 3.61. The first-order valence-corrected chi connectivity index (χ1v) is 29.9. The Bertz CT molecular complexity index is 4220. The third kappa shape index (κ3) is 8.62. The molecule has 0 unspecified atom stereocenters.